The summed E-state index contributed by atoms with van der Waals surface area (Å²) in [4.78, 5) is 2.23. The molecule has 0 aliphatic rings. The average molecular weight is 250 g/mol. The Morgan fingerprint density at radius 2 is 1.89 bits per heavy atom. The summed E-state index contributed by atoms with van der Waals surface area (Å²) in [5.41, 5.74) is 7.80. The molecule has 2 N–H and O–H groups in total. The molecule has 3 nitrogen and oxygen atoms in total. The summed E-state index contributed by atoms with van der Waals surface area (Å²) in [6.45, 7) is 9.54. The molecule has 0 spiro atoms. The fourth-order valence-corrected chi connectivity index (χ4v) is 1.87. The second kappa shape index (κ2) is 6.53. The van der Waals surface area contributed by atoms with Crippen LogP contribution in [-0.4, -0.2) is 19.7 Å². The minimum Gasteiger partial charge on any atom is -0.491 e. The number of ether oxygens (including phenoxy) is 1. The van der Waals surface area contributed by atoms with Crippen molar-refractivity contribution in [2.75, 3.05) is 24.2 Å². The van der Waals surface area contributed by atoms with Crippen LogP contribution in [0, 0.1) is 5.92 Å². The van der Waals surface area contributed by atoms with E-state index in [-0.39, 0.29) is 6.10 Å². The minimum absolute atomic E-state index is 0.166. The molecule has 0 radical (unpaired) electrons. The van der Waals surface area contributed by atoms with Crippen LogP contribution in [-0.2, 0) is 0 Å². The molecule has 0 saturated heterocycles. The summed E-state index contributed by atoms with van der Waals surface area (Å²) in [6.07, 6.45) is 1.35. The Morgan fingerprint density at radius 3 is 2.44 bits per heavy atom. The highest BCUT2D eigenvalue weighted by atomic mass is 16.5. The maximum absolute atomic E-state index is 5.93. The normalized spacial score (nSPS) is 12.6. The van der Waals surface area contributed by atoms with Gasteiger partial charge in [0.25, 0.3) is 0 Å². The Morgan fingerprint density at radius 1 is 1.22 bits per heavy atom. The van der Waals surface area contributed by atoms with E-state index in [9.17, 15) is 0 Å². The zero-order chi connectivity index (χ0) is 13.7. The van der Waals surface area contributed by atoms with Crippen molar-refractivity contribution in [1.82, 2.24) is 0 Å². The van der Waals surface area contributed by atoms with Crippen LogP contribution in [0.3, 0.4) is 0 Å². The number of hydrogen-bond acceptors (Lipinski definition) is 3. The molecular formula is C15H26N2O. The standard InChI is InChI=1S/C15H26N2O/c1-6-12(4)10-17(5)14-7-13(16)8-15(9-14)18-11(2)3/h7-9,11-12H,6,10,16H2,1-5H3. The molecule has 1 rings (SSSR count). The van der Waals surface area contributed by atoms with E-state index >= 15 is 0 Å². The van der Waals surface area contributed by atoms with Gasteiger partial charge in [-0.1, -0.05) is 20.3 Å². The molecule has 1 atom stereocenters. The highest BCUT2D eigenvalue weighted by Gasteiger charge is 2.08. The zero-order valence-corrected chi connectivity index (χ0v) is 12.2. The smallest absolute Gasteiger partial charge is 0.123 e. The first-order chi connectivity index (χ1) is 8.42. The lowest BCUT2D eigenvalue weighted by Crippen LogP contribution is -2.23. The summed E-state index contributed by atoms with van der Waals surface area (Å²) < 4.78 is 5.71. The van der Waals surface area contributed by atoms with E-state index in [0.29, 0.717) is 5.92 Å². The molecule has 0 aromatic heterocycles. The molecule has 1 unspecified atom stereocenters. The van der Waals surface area contributed by atoms with Crippen LogP contribution in [0.5, 0.6) is 5.75 Å². The van der Waals surface area contributed by atoms with Crippen molar-refractivity contribution in [3.05, 3.63) is 18.2 Å². The lowest BCUT2D eigenvalue weighted by molar-refractivity contribution is 0.242. The molecule has 0 aliphatic heterocycles. The first-order valence-corrected chi connectivity index (χ1v) is 6.70. The van der Waals surface area contributed by atoms with Crippen molar-refractivity contribution in [2.45, 2.75) is 40.2 Å². The summed E-state index contributed by atoms with van der Waals surface area (Å²) >= 11 is 0. The number of anilines is 2. The third-order valence-corrected chi connectivity index (χ3v) is 3.01. The summed E-state index contributed by atoms with van der Waals surface area (Å²) in [7, 11) is 2.10. The van der Waals surface area contributed by atoms with E-state index < -0.39 is 0 Å². The van der Waals surface area contributed by atoms with Gasteiger partial charge in [0.05, 0.1) is 6.10 Å². The van der Waals surface area contributed by atoms with Gasteiger partial charge in [-0.15, -0.1) is 0 Å². The second-order valence-corrected chi connectivity index (χ2v) is 5.32. The molecule has 0 heterocycles. The van der Waals surface area contributed by atoms with E-state index in [1.807, 2.05) is 26.0 Å². The Kier molecular flexibility index (Phi) is 5.32. The first-order valence-electron chi connectivity index (χ1n) is 6.70. The molecule has 18 heavy (non-hydrogen) atoms. The lowest BCUT2D eigenvalue weighted by Gasteiger charge is -2.24. The van der Waals surface area contributed by atoms with Crippen molar-refractivity contribution in [1.29, 1.82) is 0 Å². The molecule has 102 valence electrons. The third kappa shape index (κ3) is 4.47. The predicted octanol–water partition coefficient (Wildman–Crippen LogP) is 3.54. The van der Waals surface area contributed by atoms with E-state index in [0.717, 1.165) is 23.7 Å². The molecule has 0 saturated carbocycles. The highest BCUT2D eigenvalue weighted by molar-refractivity contribution is 5.60. The zero-order valence-electron chi connectivity index (χ0n) is 12.2. The Hall–Kier alpha value is -1.38. The first kappa shape index (κ1) is 14.7. The van der Waals surface area contributed by atoms with Gasteiger partial charge in [0.2, 0.25) is 0 Å². The maximum Gasteiger partial charge on any atom is 0.123 e. The van der Waals surface area contributed by atoms with Gasteiger partial charge in [-0.25, -0.2) is 0 Å². The van der Waals surface area contributed by atoms with Crippen LogP contribution in [0.1, 0.15) is 34.1 Å². The number of nitrogens with two attached hydrogens (primary N) is 1. The number of rotatable bonds is 6. The Labute approximate surface area is 111 Å². The van der Waals surface area contributed by atoms with E-state index in [4.69, 9.17) is 10.5 Å². The number of benzene rings is 1. The monoisotopic (exact) mass is 250 g/mol. The highest BCUT2D eigenvalue weighted by Crippen LogP contribution is 2.26. The van der Waals surface area contributed by atoms with Gasteiger partial charge in [-0.2, -0.15) is 0 Å². The summed E-state index contributed by atoms with van der Waals surface area (Å²) in [5, 5.41) is 0. The number of nitrogen functional groups attached to an aromatic ring is 1. The largest absolute Gasteiger partial charge is 0.491 e. The van der Waals surface area contributed by atoms with Crippen molar-refractivity contribution < 1.29 is 4.74 Å². The van der Waals surface area contributed by atoms with Gasteiger partial charge < -0.3 is 15.4 Å². The molecule has 0 fully saturated rings. The van der Waals surface area contributed by atoms with E-state index in [2.05, 4.69) is 31.9 Å². The van der Waals surface area contributed by atoms with Crippen LogP contribution in [0.15, 0.2) is 18.2 Å². The molecule has 0 amide bonds. The van der Waals surface area contributed by atoms with Gasteiger partial charge in [-0.3, -0.25) is 0 Å². The number of nitrogens with zero attached hydrogens (tertiary/aromatic N) is 1. The SMILES string of the molecule is CCC(C)CN(C)c1cc(N)cc(OC(C)C)c1. The van der Waals surface area contributed by atoms with Gasteiger partial charge in [-0.05, 0) is 25.8 Å². The van der Waals surface area contributed by atoms with Crippen LogP contribution < -0.4 is 15.4 Å². The quantitative estimate of drug-likeness (QED) is 0.785. The minimum atomic E-state index is 0.166. The van der Waals surface area contributed by atoms with Crippen molar-refractivity contribution in [3.8, 4) is 5.75 Å². The van der Waals surface area contributed by atoms with Crippen LogP contribution in [0.25, 0.3) is 0 Å². The van der Waals surface area contributed by atoms with Crippen LogP contribution in [0.4, 0.5) is 11.4 Å². The second-order valence-electron chi connectivity index (χ2n) is 5.32. The molecule has 0 aliphatic carbocycles. The van der Waals surface area contributed by atoms with Gasteiger partial charge in [0, 0.05) is 37.1 Å². The molecule has 3 heteroatoms. The lowest BCUT2D eigenvalue weighted by atomic mass is 10.1. The molecule has 0 bridgehead atoms. The summed E-state index contributed by atoms with van der Waals surface area (Å²) in [5.74, 6) is 1.52. The van der Waals surface area contributed by atoms with E-state index in [1.54, 1.807) is 0 Å². The molecular weight excluding hydrogens is 224 g/mol. The van der Waals surface area contributed by atoms with Crippen LogP contribution in [0.2, 0.25) is 0 Å². The van der Waals surface area contributed by atoms with Crippen LogP contribution >= 0.6 is 0 Å². The average Bonchev–Trinajstić information content (AvgIpc) is 2.26. The summed E-state index contributed by atoms with van der Waals surface area (Å²) in [6, 6.07) is 5.93. The van der Waals surface area contributed by atoms with Gasteiger partial charge >= 0.3 is 0 Å². The number of hydrogen-bond donors (Lipinski definition) is 1. The maximum atomic E-state index is 5.93. The molecule has 1 aromatic rings. The van der Waals surface area contributed by atoms with Crippen molar-refractivity contribution >= 4 is 11.4 Å². The Balaban J connectivity index is 2.84. The van der Waals surface area contributed by atoms with E-state index in [1.165, 1.54) is 6.42 Å². The fourth-order valence-electron chi connectivity index (χ4n) is 1.87. The van der Waals surface area contributed by atoms with Crippen molar-refractivity contribution in [3.63, 3.8) is 0 Å². The van der Waals surface area contributed by atoms with Crippen molar-refractivity contribution in [2.24, 2.45) is 5.92 Å². The Bertz CT molecular complexity index is 377. The van der Waals surface area contributed by atoms with Gasteiger partial charge in [0.1, 0.15) is 5.75 Å². The topological polar surface area (TPSA) is 38.5 Å². The van der Waals surface area contributed by atoms with Gasteiger partial charge in [0.15, 0.2) is 0 Å². The third-order valence-electron chi connectivity index (χ3n) is 3.01. The fraction of sp³-hybridized carbons (Fsp3) is 0.600. The molecule has 1 aromatic carbocycles. The predicted molar refractivity (Wildman–Crippen MR) is 79.3 cm³/mol.